The summed E-state index contributed by atoms with van der Waals surface area (Å²) in [5.74, 6) is -0.456. The minimum atomic E-state index is -0.830. The van der Waals surface area contributed by atoms with Crippen LogP contribution in [-0.2, 0) is 4.74 Å². The van der Waals surface area contributed by atoms with Crippen molar-refractivity contribution >= 4 is 11.6 Å². The van der Waals surface area contributed by atoms with Crippen molar-refractivity contribution in [2.24, 2.45) is 0 Å². The van der Waals surface area contributed by atoms with E-state index in [1.165, 1.54) is 18.2 Å². The number of aliphatic hydroxyl groups excluding tert-OH is 1. The summed E-state index contributed by atoms with van der Waals surface area (Å²) in [6.45, 7) is 2.49. The molecular weight excluding hydrogens is 207 g/mol. The maximum absolute atomic E-state index is 12.9. The zero-order valence-electron chi connectivity index (χ0n) is 7.84. The molecule has 1 rings (SSSR count). The van der Waals surface area contributed by atoms with Gasteiger partial charge in [-0.25, -0.2) is 4.39 Å². The molecule has 0 radical (unpaired) electrons. The van der Waals surface area contributed by atoms with Crippen LogP contribution in [0.1, 0.15) is 18.6 Å². The van der Waals surface area contributed by atoms with E-state index in [9.17, 15) is 9.50 Å². The van der Waals surface area contributed by atoms with Gasteiger partial charge in [-0.3, -0.25) is 0 Å². The average molecular weight is 219 g/mol. The highest BCUT2D eigenvalue weighted by Gasteiger charge is 2.09. The van der Waals surface area contributed by atoms with Gasteiger partial charge in [0.2, 0.25) is 0 Å². The highest BCUT2D eigenvalue weighted by molar-refractivity contribution is 6.30. The highest BCUT2D eigenvalue weighted by Crippen LogP contribution is 2.20. The van der Waals surface area contributed by atoms with Crippen molar-refractivity contribution in [2.75, 3.05) is 13.2 Å². The zero-order chi connectivity index (χ0) is 10.6. The van der Waals surface area contributed by atoms with E-state index in [1.54, 1.807) is 0 Å². The van der Waals surface area contributed by atoms with Crippen LogP contribution < -0.4 is 0 Å². The molecule has 0 aliphatic heterocycles. The molecule has 1 unspecified atom stereocenters. The van der Waals surface area contributed by atoms with E-state index < -0.39 is 11.9 Å². The number of halogens is 2. The van der Waals surface area contributed by atoms with Crippen LogP contribution in [0, 0.1) is 5.82 Å². The summed E-state index contributed by atoms with van der Waals surface area (Å²) in [4.78, 5) is 0. The molecule has 0 aliphatic carbocycles. The molecule has 1 atom stereocenters. The number of hydrogen-bond donors (Lipinski definition) is 1. The van der Waals surface area contributed by atoms with Crippen LogP contribution in [0.3, 0.4) is 0 Å². The quantitative estimate of drug-likeness (QED) is 0.842. The molecule has 4 heteroatoms. The van der Waals surface area contributed by atoms with Crippen LogP contribution in [0.25, 0.3) is 0 Å². The summed E-state index contributed by atoms with van der Waals surface area (Å²) in [6, 6.07) is 3.96. The van der Waals surface area contributed by atoms with Crippen molar-refractivity contribution in [1.29, 1.82) is 0 Å². The van der Waals surface area contributed by atoms with Gasteiger partial charge in [0.05, 0.1) is 6.61 Å². The fraction of sp³-hybridized carbons (Fsp3) is 0.400. The van der Waals surface area contributed by atoms with Gasteiger partial charge < -0.3 is 9.84 Å². The predicted octanol–water partition coefficient (Wildman–Crippen LogP) is 2.55. The summed E-state index contributed by atoms with van der Waals surface area (Å²) in [6.07, 6.45) is -0.830. The Bertz CT molecular complexity index is 284. The smallest absolute Gasteiger partial charge is 0.125 e. The van der Waals surface area contributed by atoms with E-state index in [0.29, 0.717) is 12.2 Å². The van der Waals surface area contributed by atoms with Gasteiger partial charge in [-0.2, -0.15) is 0 Å². The first kappa shape index (κ1) is 11.4. The van der Waals surface area contributed by atoms with Gasteiger partial charge in [0.1, 0.15) is 11.9 Å². The molecule has 0 heterocycles. The summed E-state index contributed by atoms with van der Waals surface area (Å²) >= 11 is 5.64. The Morgan fingerprint density at radius 2 is 2.21 bits per heavy atom. The molecule has 0 spiro atoms. The average Bonchev–Trinajstić information content (AvgIpc) is 2.12. The summed E-state index contributed by atoms with van der Waals surface area (Å²) < 4.78 is 17.9. The molecule has 1 aromatic rings. The van der Waals surface area contributed by atoms with E-state index in [0.717, 1.165) is 0 Å². The number of aliphatic hydroxyl groups is 1. The van der Waals surface area contributed by atoms with Crippen molar-refractivity contribution in [3.05, 3.63) is 34.6 Å². The Balaban J connectivity index is 2.73. The number of rotatable bonds is 4. The van der Waals surface area contributed by atoms with E-state index in [4.69, 9.17) is 16.3 Å². The molecule has 1 N–H and O–H groups in total. The molecule has 0 aromatic heterocycles. The molecule has 0 fully saturated rings. The molecule has 0 amide bonds. The minimum absolute atomic E-state index is 0.149. The molecule has 2 nitrogen and oxygen atoms in total. The second-order valence-electron chi connectivity index (χ2n) is 2.88. The van der Waals surface area contributed by atoms with Gasteiger partial charge in [0, 0.05) is 11.6 Å². The maximum atomic E-state index is 12.9. The normalized spacial score (nSPS) is 12.9. The number of ether oxygens (including phenoxy) is 1. The lowest BCUT2D eigenvalue weighted by atomic mass is 10.1. The topological polar surface area (TPSA) is 29.5 Å². The fourth-order valence-corrected chi connectivity index (χ4v) is 1.32. The summed E-state index contributed by atoms with van der Waals surface area (Å²) in [7, 11) is 0. The molecular formula is C10H12ClFO2. The van der Waals surface area contributed by atoms with Crippen molar-refractivity contribution < 1.29 is 14.2 Å². The first-order chi connectivity index (χ1) is 6.63. The lowest BCUT2D eigenvalue weighted by Crippen LogP contribution is -2.07. The standard InChI is InChI=1S/C10H12ClFO2/c1-2-14-6-10(13)7-3-8(11)5-9(12)4-7/h3-5,10,13H,2,6H2,1H3. The summed E-state index contributed by atoms with van der Waals surface area (Å²) in [5.41, 5.74) is 0.434. The minimum Gasteiger partial charge on any atom is -0.386 e. The van der Waals surface area contributed by atoms with Gasteiger partial charge in [-0.15, -0.1) is 0 Å². The van der Waals surface area contributed by atoms with E-state index in [1.807, 2.05) is 6.92 Å². The largest absolute Gasteiger partial charge is 0.386 e. The second-order valence-corrected chi connectivity index (χ2v) is 3.31. The van der Waals surface area contributed by atoms with Gasteiger partial charge in [0.15, 0.2) is 0 Å². The molecule has 0 saturated carbocycles. The Morgan fingerprint density at radius 3 is 2.79 bits per heavy atom. The Hall–Kier alpha value is -0.640. The van der Waals surface area contributed by atoms with Crippen LogP contribution >= 0.6 is 11.6 Å². The third-order valence-corrected chi connectivity index (χ3v) is 1.97. The van der Waals surface area contributed by atoms with E-state index >= 15 is 0 Å². The van der Waals surface area contributed by atoms with Crippen molar-refractivity contribution in [2.45, 2.75) is 13.0 Å². The van der Waals surface area contributed by atoms with Gasteiger partial charge in [-0.05, 0) is 30.7 Å². The Morgan fingerprint density at radius 1 is 1.50 bits per heavy atom. The van der Waals surface area contributed by atoms with Crippen LogP contribution in [0.2, 0.25) is 5.02 Å². The molecule has 1 aromatic carbocycles. The number of benzene rings is 1. The lowest BCUT2D eigenvalue weighted by molar-refractivity contribution is 0.0419. The van der Waals surface area contributed by atoms with Crippen LogP contribution in [0.5, 0.6) is 0 Å². The highest BCUT2D eigenvalue weighted by atomic mass is 35.5. The third kappa shape index (κ3) is 3.25. The van der Waals surface area contributed by atoms with E-state index in [2.05, 4.69) is 0 Å². The van der Waals surface area contributed by atoms with E-state index in [-0.39, 0.29) is 11.6 Å². The fourth-order valence-electron chi connectivity index (χ4n) is 1.09. The van der Waals surface area contributed by atoms with Crippen LogP contribution in [-0.4, -0.2) is 18.3 Å². The lowest BCUT2D eigenvalue weighted by Gasteiger charge is -2.11. The van der Waals surface area contributed by atoms with Gasteiger partial charge >= 0.3 is 0 Å². The monoisotopic (exact) mass is 218 g/mol. The van der Waals surface area contributed by atoms with Crippen molar-refractivity contribution in [1.82, 2.24) is 0 Å². The molecule has 14 heavy (non-hydrogen) atoms. The molecule has 0 aliphatic rings. The SMILES string of the molecule is CCOCC(O)c1cc(F)cc(Cl)c1. The van der Waals surface area contributed by atoms with Crippen molar-refractivity contribution in [3.63, 3.8) is 0 Å². The first-order valence-electron chi connectivity index (χ1n) is 4.35. The van der Waals surface area contributed by atoms with Crippen molar-refractivity contribution in [3.8, 4) is 0 Å². The third-order valence-electron chi connectivity index (χ3n) is 1.75. The summed E-state index contributed by atoms with van der Waals surface area (Å²) in [5, 5.41) is 9.82. The Kier molecular flexibility index (Phi) is 4.32. The van der Waals surface area contributed by atoms with Crippen LogP contribution in [0.15, 0.2) is 18.2 Å². The second kappa shape index (κ2) is 5.29. The Labute approximate surface area is 87.3 Å². The molecule has 0 bridgehead atoms. The zero-order valence-corrected chi connectivity index (χ0v) is 8.59. The first-order valence-corrected chi connectivity index (χ1v) is 4.73. The molecule has 78 valence electrons. The number of hydrogen-bond acceptors (Lipinski definition) is 2. The van der Waals surface area contributed by atoms with Gasteiger partial charge in [-0.1, -0.05) is 11.6 Å². The van der Waals surface area contributed by atoms with Gasteiger partial charge in [0.25, 0.3) is 0 Å². The maximum Gasteiger partial charge on any atom is 0.125 e. The molecule has 0 saturated heterocycles. The van der Waals surface area contributed by atoms with Crippen LogP contribution in [0.4, 0.5) is 4.39 Å². The predicted molar refractivity (Wildman–Crippen MR) is 52.9 cm³/mol.